The van der Waals surface area contributed by atoms with Crippen molar-refractivity contribution in [2.75, 3.05) is 0 Å². The molecule has 2 N–H and O–H groups in total. The summed E-state index contributed by atoms with van der Waals surface area (Å²) in [6, 6.07) is 0. The number of rotatable bonds is 2. The summed E-state index contributed by atoms with van der Waals surface area (Å²) in [5, 5.41) is 31.6. The van der Waals surface area contributed by atoms with Gasteiger partial charge in [0.25, 0.3) is 0 Å². The predicted octanol–water partition coefficient (Wildman–Crippen LogP) is -1.37. The molecule has 0 amide bonds. The molecule has 2 aliphatic rings. The summed E-state index contributed by atoms with van der Waals surface area (Å²) in [5.74, 6) is -3.21. The van der Waals surface area contributed by atoms with E-state index < -0.39 is 47.5 Å². The standard InChI is InChI=1S/C12H20O6/c1-5(10(15)16)12(4)8(13)6-7(9(12)14)18-11(2,3)17-6/h5-9,13-14H,1-4H3,(H,15,16)/p-1/t5?,6-,7+,8+,9-,12?. The second-order valence-electron chi connectivity index (χ2n) is 5.86. The van der Waals surface area contributed by atoms with E-state index in [1.54, 1.807) is 13.8 Å². The van der Waals surface area contributed by atoms with Crippen molar-refractivity contribution in [1.29, 1.82) is 0 Å². The molecule has 104 valence electrons. The van der Waals surface area contributed by atoms with Crippen LogP contribution < -0.4 is 5.11 Å². The minimum Gasteiger partial charge on any atom is -0.550 e. The van der Waals surface area contributed by atoms with Gasteiger partial charge in [0.15, 0.2) is 5.79 Å². The first-order chi connectivity index (χ1) is 8.11. The molecular formula is C12H19O6-. The molecule has 1 aliphatic carbocycles. The van der Waals surface area contributed by atoms with Gasteiger partial charge in [-0.3, -0.25) is 0 Å². The Hall–Kier alpha value is -0.690. The van der Waals surface area contributed by atoms with E-state index in [1.807, 2.05) is 0 Å². The molecule has 0 bridgehead atoms. The van der Waals surface area contributed by atoms with Crippen molar-refractivity contribution >= 4 is 5.97 Å². The van der Waals surface area contributed by atoms with Crippen LogP contribution in [0.2, 0.25) is 0 Å². The summed E-state index contributed by atoms with van der Waals surface area (Å²) in [6.45, 7) is 6.30. The van der Waals surface area contributed by atoms with Crippen LogP contribution in [-0.4, -0.2) is 46.4 Å². The summed E-state index contributed by atoms with van der Waals surface area (Å²) < 4.78 is 11.1. The number of aliphatic hydroxyl groups excluding tert-OH is 2. The zero-order valence-corrected chi connectivity index (χ0v) is 10.9. The van der Waals surface area contributed by atoms with Crippen LogP contribution in [0.4, 0.5) is 0 Å². The molecule has 18 heavy (non-hydrogen) atoms. The average Bonchev–Trinajstić information content (AvgIpc) is 2.67. The molecule has 1 saturated carbocycles. The molecule has 0 radical (unpaired) electrons. The molecule has 0 aromatic rings. The molecule has 6 heteroatoms. The summed E-state index contributed by atoms with van der Waals surface area (Å²) in [7, 11) is 0. The zero-order valence-electron chi connectivity index (χ0n) is 10.9. The van der Waals surface area contributed by atoms with Crippen LogP contribution in [-0.2, 0) is 14.3 Å². The van der Waals surface area contributed by atoms with Gasteiger partial charge < -0.3 is 29.6 Å². The lowest BCUT2D eigenvalue weighted by Gasteiger charge is -2.40. The summed E-state index contributed by atoms with van der Waals surface area (Å²) in [4.78, 5) is 11.0. The topological polar surface area (TPSA) is 99.1 Å². The van der Waals surface area contributed by atoms with E-state index in [4.69, 9.17) is 9.47 Å². The SMILES string of the molecule is CC(C(=O)[O-])C1(C)[C@H](O)[C@H]2OC(C)(C)O[C@H]2[C@@H]1O. The molecule has 6 atom stereocenters. The first kappa shape index (κ1) is 13.7. The van der Waals surface area contributed by atoms with Gasteiger partial charge in [0.05, 0.1) is 12.2 Å². The highest BCUT2D eigenvalue weighted by molar-refractivity contribution is 5.68. The van der Waals surface area contributed by atoms with Crippen LogP contribution in [0, 0.1) is 11.3 Å². The highest BCUT2D eigenvalue weighted by atomic mass is 16.8. The van der Waals surface area contributed by atoms with Gasteiger partial charge in [-0.2, -0.15) is 0 Å². The number of ether oxygens (including phenoxy) is 2. The molecular weight excluding hydrogens is 240 g/mol. The Bertz CT molecular complexity index is 346. The van der Waals surface area contributed by atoms with Gasteiger partial charge in [-0.15, -0.1) is 0 Å². The minimum atomic E-state index is -1.31. The maximum atomic E-state index is 11.0. The predicted molar refractivity (Wildman–Crippen MR) is 58.1 cm³/mol. The summed E-state index contributed by atoms with van der Waals surface area (Å²) in [5.41, 5.74) is -1.25. The van der Waals surface area contributed by atoms with E-state index >= 15 is 0 Å². The van der Waals surface area contributed by atoms with Gasteiger partial charge in [-0.25, -0.2) is 0 Å². The van der Waals surface area contributed by atoms with Crippen LogP contribution in [0.25, 0.3) is 0 Å². The Morgan fingerprint density at radius 3 is 1.89 bits per heavy atom. The average molecular weight is 259 g/mol. The Morgan fingerprint density at radius 2 is 1.56 bits per heavy atom. The molecule has 0 aromatic heterocycles. The maximum absolute atomic E-state index is 11.0. The van der Waals surface area contributed by atoms with Crippen LogP contribution in [0.1, 0.15) is 27.7 Å². The third-order valence-corrected chi connectivity index (χ3v) is 4.35. The lowest BCUT2D eigenvalue weighted by Crippen LogP contribution is -2.52. The number of fused-ring (bicyclic) bond motifs is 1. The molecule has 0 aromatic carbocycles. The fraction of sp³-hybridized carbons (Fsp3) is 0.917. The molecule has 1 saturated heterocycles. The molecule has 0 spiro atoms. The van der Waals surface area contributed by atoms with Crippen LogP contribution in [0.15, 0.2) is 0 Å². The molecule has 1 heterocycles. The first-order valence-electron chi connectivity index (χ1n) is 6.04. The number of carboxylic acids is 1. The number of carboxylic acid groups (broad SMARTS) is 1. The van der Waals surface area contributed by atoms with Crippen molar-refractivity contribution in [2.45, 2.75) is 57.9 Å². The lowest BCUT2D eigenvalue weighted by molar-refractivity contribution is -0.318. The highest BCUT2D eigenvalue weighted by Crippen LogP contribution is 2.51. The van der Waals surface area contributed by atoms with Crippen LogP contribution >= 0.6 is 0 Å². The summed E-state index contributed by atoms with van der Waals surface area (Å²) in [6.07, 6.45) is -3.68. The Labute approximate surface area is 106 Å². The Balaban J connectivity index is 2.31. The third kappa shape index (κ3) is 1.67. The fourth-order valence-corrected chi connectivity index (χ4v) is 2.95. The second kappa shape index (κ2) is 3.90. The van der Waals surface area contributed by atoms with Gasteiger partial charge in [0.2, 0.25) is 0 Å². The number of carbonyl (C=O) groups excluding carboxylic acids is 1. The lowest BCUT2D eigenvalue weighted by atomic mass is 9.73. The van der Waals surface area contributed by atoms with E-state index in [-0.39, 0.29) is 0 Å². The monoisotopic (exact) mass is 259 g/mol. The number of hydrogen-bond donors (Lipinski definition) is 2. The quantitative estimate of drug-likeness (QED) is 0.635. The van der Waals surface area contributed by atoms with Crippen molar-refractivity contribution < 1.29 is 29.6 Å². The van der Waals surface area contributed by atoms with Crippen LogP contribution in [0.3, 0.4) is 0 Å². The van der Waals surface area contributed by atoms with Crippen molar-refractivity contribution in [2.24, 2.45) is 11.3 Å². The second-order valence-corrected chi connectivity index (χ2v) is 5.86. The fourth-order valence-electron chi connectivity index (χ4n) is 2.95. The molecule has 2 unspecified atom stereocenters. The molecule has 2 fully saturated rings. The smallest absolute Gasteiger partial charge is 0.164 e. The van der Waals surface area contributed by atoms with E-state index in [0.29, 0.717) is 0 Å². The van der Waals surface area contributed by atoms with E-state index in [0.717, 1.165) is 0 Å². The number of carbonyl (C=O) groups is 1. The Kier molecular flexibility index (Phi) is 2.98. The van der Waals surface area contributed by atoms with Gasteiger partial charge in [0, 0.05) is 17.3 Å². The van der Waals surface area contributed by atoms with Gasteiger partial charge in [0.1, 0.15) is 12.2 Å². The number of aliphatic hydroxyl groups is 2. The van der Waals surface area contributed by atoms with Crippen molar-refractivity contribution in [1.82, 2.24) is 0 Å². The summed E-state index contributed by atoms with van der Waals surface area (Å²) >= 11 is 0. The molecule has 2 rings (SSSR count). The zero-order chi connectivity index (χ0) is 13.9. The van der Waals surface area contributed by atoms with E-state index in [1.165, 1.54) is 13.8 Å². The van der Waals surface area contributed by atoms with E-state index in [9.17, 15) is 20.1 Å². The first-order valence-corrected chi connectivity index (χ1v) is 6.04. The molecule has 1 aliphatic heterocycles. The number of aliphatic carboxylic acids is 1. The Morgan fingerprint density at radius 1 is 1.17 bits per heavy atom. The third-order valence-electron chi connectivity index (χ3n) is 4.35. The largest absolute Gasteiger partial charge is 0.550 e. The van der Waals surface area contributed by atoms with Crippen LogP contribution in [0.5, 0.6) is 0 Å². The van der Waals surface area contributed by atoms with Crippen molar-refractivity contribution in [3.05, 3.63) is 0 Å². The van der Waals surface area contributed by atoms with Gasteiger partial charge in [-0.1, -0.05) is 13.8 Å². The number of hydrogen-bond acceptors (Lipinski definition) is 6. The highest BCUT2D eigenvalue weighted by Gasteiger charge is 2.65. The minimum absolute atomic E-state index is 0.721. The maximum Gasteiger partial charge on any atom is 0.164 e. The molecule has 6 nitrogen and oxygen atoms in total. The van der Waals surface area contributed by atoms with Crippen molar-refractivity contribution in [3.63, 3.8) is 0 Å². The van der Waals surface area contributed by atoms with Crippen molar-refractivity contribution in [3.8, 4) is 0 Å². The van der Waals surface area contributed by atoms with Gasteiger partial charge >= 0.3 is 0 Å². The normalized spacial score (nSPS) is 47.9. The van der Waals surface area contributed by atoms with Gasteiger partial charge in [-0.05, 0) is 13.8 Å². The van der Waals surface area contributed by atoms with E-state index in [2.05, 4.69) is 0 Å².